The van der Waals surface area contributed by atoms with E-state index in [0.29, 0.717) is 24.2 Å². The highest BCUT2D eigenvalue weighted by atomic mass is 16.2. The van der Waals surface area contributed by atoms with Crippen molar-refractivity contribution in [2.45, 2.75) is 88.9 Å². The number of rotatable bonds is 6. The van der Waals surface area contributed by atoms with E-state index in [4.69, 9.17) is 5.73 Å². The van der Waals surface area contributed by atoms with Gasteiger partial charge in [-0.3, -0.25) is 0 Å². The van der Waals surface area contributed by atoms with E-state index in [2.05, 4.69) is 22.0 Å². The lowest BCUT2D eigenvalue weighted by molar-refractivity contribution is 0.0770. The predicted molar refractivity (Wildman–Crippen MR) is 93.4 cm³/mol. The van der Waals surface area contributed by atoms with E-state index in [0.717, 1.165) is 38.9 Å². The molecule has 3 unspecified atom stereocenters. The second kappa shape index (κ2) is 7.84. The summed E-state index contributed by atoms with van der Waals surface area (Å²) in [5.41, 5.74) is 5.80. The Hall–Kier alpha value is -0.810. The summed E-state index contributed by atoms with van der Waals surface area (Å²) >= 11 is 0. The minimum atomic E-state index is 0.201. The Kier molecular flexibility index (Phi) is 5.81. The smallest absolute Gasteiger partial charge is 0.318 e. The van der Waals surface area contributed by atoms with Crippen molar-refractivity contribution in [2.24, 2.45) is 5.73 Å². The lowest BCUT2D eigenvalue weighted by atomic mass is 9.89. The van der Waals surface area contributed by atoms with Gasteiger partial charge in [0.15, 0.2) is 0 Å². The average molecular weight is 322 g/mol. The first kappa shape index (κ1) is 17.0. The van der Waals surface area contributed by atoms with Gasteiger partial charge in [-0.2, -0.15) is 0 Å². The van der Waals surface area contributed by atoms with Crippen LogP contribution in [0.5, 0.6) is 0 Å². The molecule has 5 heteroatoms. The molecule has 3 fully saturated rings. The van der Waals surface area contributed by atoms with Crippen LogP contribution in [0.25, 0.3) is 0 Å². The van der Waals surface area contributed by atoms with Gasteiger partial charge in [-0.1, -0.05) is 26.2 Å². The molecule has 0 aromatic heterocycles. The van der Waals surface area contributed by atoms with Crippen molar-refractivity contribution in [2.75, 3.05) is 19.6 Å². The normalized spacial score (nSPS) is 31.0. The minimum absolute atomic E-state index is 0.201. The molecule has 0 spiro atoms. The number of hydrogen-bond donors (Lipinski definition) is 2. The van der Waals surface area contributed by atoms with Gasteiger partial charge in [0.25, 0.3) is 0 Å². The van der Waals surface area contributed by atoms with E-state index < -0.39 is 0 Å². The number of urea groups is 1. The molecule has 0 radical (unpaired) electrons. The highest BCUT2D eigenvalue weighted by Gasteiger charge is 2.44. The van der Waals surface area contributed by atoms with Gasteiger partial charge < -0.3 is 20.9 Å². The standard InChI is InChI=1S/C18H34N4O/c1-2-5-14(8-11-19)21-12-9-15(10-13-21)22-17-7-4-3-6-16(17)20-18(22)23/h14-17H,2-13,19H2,1H3,(H,20,23). The molecule has 1 saturated carbocycles. The van der Waals surface area contributed by atoms with E-state index in [-0.39, 0.29) is 6.03 Å². The van der Waals surface area contributed by atoms with Gasteiger partial charge in [0, 0.05) is 25.2 Å². The number of piperidine rings is 1. The number of amides is 2. The fourth-order valence-electron chi connectivity index (χ4n) is 5.00. The first-order valence-corrected chi connectivity index (χ1v) is 9.77. The quantitative estimate of drug-likeness (QED) is 0.789. The topological polar surface area (TPSA) is 61.6 Å². The summed E-state index contributed by atoms with van der Waals surface area (Å²) in [6.45, 7) is 5.28. The first-order valence-electron chi connectivity index (χ1n) is 9.77. The molecule has 132 valence electrons. The Bertz CT molecular complexity index is 388. The number of hydrogen-bond acceptors (Lipinski definition) is 3. The third kappa shape index (κ3) is 3.66. The van der Waals surface area contributed by atoms with Gasteiger partial charge in [-0.25, -0.2) is 4.79 Å². The van der Waals surface area contributed by atoms with Crippen LogP contribution in [-0.4, -0.2) is 59.6 Å². The Morgan fingerprint density at radius 1 is 1.17 bits per heavy atom. The lowest BCUT2D eigenvalue weighted by Crippen LogP contribution is -2.52. The molecule has 2 amide bonds. The molecule has 3 atom stereocenters. The van der Waals surface area contributed by atoms with Gasteiger partial charge in [-0.15, -0.1) is 0 Å². The van der Waals surface area contributed by atoms with Crippen molar-refractivity contribution < 1.29 is 4.79 Å². The molecule has 2 heterocycles. The first-order chi connectivity index (χ1) is 11.2. The second-order valence-corrected chi connectivity index (χ2v) is 7.60. The van der Waals surface area contributed by atoms with Crippen LogP contribution in [0.15, 0.2) is 0 Å². The summed E-state index contributed by atoms with van der Waals surface area (Å²) in [4.78, 5) is 17.3. The van der Waals surface area contributed by atoms with E-state index in [1.807, 2.05) is 0 Å². The van der Waals surface area contributed by atoms with Gasteiger partial charge in [0.1, 0.15) is 0 Å². The molecular formula is C18H34N4O. The highest BCUT2D eigenvalue weighted by molar-refractivity contribution is 5.78. The maximum atomic E-state index is 12.4. The molecule has 0 aromatic rings. The summed E-state index contributed by atoms with van der Waals surface area (Å²) in [6, 6.07) is 2.16. The zero-order valence-electron chi connectivity index (χ0n) is 14.7. The molecule has 2 aliphatic heterocycles. The van der Waals surface area contributed by atoms with Crippen molar-refractivity contribution in [3.8, 4) is 0 Å². The number of nitrogens with zero attached hydrogens (tertiary/aromatic N) is 2. The largest absolute Gasteiger partial charge is 0.333 e. The molecule has 3 rings (SSSR count). The van der Waals surface area contributed by atoms with Crippen LogP contribution in [0.2, 0.25) is 0 Å². The maximum absolute atomic E-state index is 12.4. The molecular weight excluding hydrogens is 288 g/mol. The number of nitrogens with one attached hydrogen (secondary N) is 1. The van der Waals surface area contributed by atoms with Gasteiger partial charge >= 0.3 is 6.03 Å². The van der Waals surface area contributed by atoms with E-state index in [1.54, 1.807) is 0 Å². The molecule has 23 heavy (non-hydrogen) atoms. The molecule has 1 aliphatic carbocycles. The fraction of sp³-hybridized carbons (Fsp3) is 0.944. The fourth-order valence-corrected chi connectivity index (χ4v) is 5.00. The van der Waals surface area contributed by atoms with E-state index in [9.17, 15) is 4.79 Å². The van der Waals surface area contributed by atoms with Crippen molar-refractivity contribution >= 4 is 6.03 Å². The number of fused-ring (bicyclic) bond motifs is 1. The van der Waals surface area contributed by atoms with Crippen LogP contribution in [0, 0.1) is 0 Å². The van der Waals surface area contributed by atoms with Crippen LogP contribution >= 0.6 is 0 Å². The third-order valence-electron chi connectivity index (χ3n) is 6.16. The number of carbonyl (C=O) groups is 1. The zero-order chi connectivity index (χ0) is 16.2. The van der Waals surface area contributed by atoms with Crippen molar-refractivity contribution in [3.05, 3.63) is 0 Å². The van der Waals surface area contributed by atoms with E-state index >= 15 is 0 Å². The second-order valence-electron chi connectivity index (χ2n) is 7.60. The van der Waals surface area contributed by atoms with Crippen LogP contribution in [0.3, 0.4) is 0 Å². The maximum Gasteiger partial charge on any atom is 0.318 e. The Balaban J connectivity index is 1.56. The van der Waals surface area contributed by atoms with Crippen LogP contribution < -0.4 is 11.1 Å². The average Bonchev–Trinajstić information content (AvgIpc) is 2.90. The minimum Gasteiger partial charge on any atom is -0.333 e. The summed E-state index contributed by atoms with van der Waals surface area (Å²) < 4.78 is 0. The Labute approximate surface area is 140 Å². The summed E-state index contributed by atoms with van der Waals surface area (Å²) in [5.74, 6) is 0. The Morgan fingerprint density at radius 2 is 1.91 bits per heavy atom. The predicted octanol–water partition coefficient (Wildman–Crippen LogP) is 2.30. The number of likely N-dealkylation sites (tertiary alicyclic amines) is 1. The monoisotopic (exact) mass is 322 g/mol. The molecule has 5 nitrogen and oxygen atoms in total. The highest BCUT2D eigenvalue weighted by Crippen LogP contribution is 2.32. The molecule has 2 saturated heterocycles. The van der Waals surface area contributed by atoms with E-state index in [1.165, 1.54) is 38.5 Å². The van der Waals surface area contributed by atoms with Crippen LogP contribution in [0.4, 0.5) is 4.79 Å². The molecule has 0 bridgehead atoms. The van der Waals surface area contributed by atoms with Gasteiger partial charge in [-0.05, 0) is 45.1 Å². The molecule has 3 aliphatic rings. The number of carbonyl (C=O) groups excluding carboxylic acids is 1. The molecule has 3 N–H and O–H groups in total. The van der Waals surface area contributed by atoms with Crippen LogP contribution in [-0.2, 0) is 0 Å². The van der Waals surface area contributed by atoms with Crippen molar-refractivity contribution in [1.29, 1.82) is 0 Å². The Morgan fingerprint density at radius 3 is 2.61 bits per heavy atom. The summed E-state index contributed by atoms with van der Waals surface area (Å²) in [6.07, 6.45) is 10.7. The summed E-state index contributed by atoms with van der Waals surface area (Å²) in [5, 5.41) is 3.23. The van der Waals surface area contributed by atoms with Gasteiger partial charge in [0.05, 0.1) is 12.1 Å². The van der Waals surface area contributed by atoms with Crippen LogP contribution in [0.1, 0.15) is 64.7 Å². The lowest BCUT2D eigenvalue weighted by Gasteiger charge is -2.42. The summed E-state index contributed by atoms with van der Waals surface area (Å²) in [7, 11) is 0. The number of nitrogens with two attached hydrogens (primary N) is 1. The SMILES string of the molecule is CCCC(CCN)N1CCC(N2C(=O)NC3CCCCC32)CC1. The molecule has 0 aromatic carbocycles. The third-order valence-corrected chi connectivity index (χ3v) is 6.16. The van der Waals surface area contributed by atoms with Crippen molar-refractivity contribution in [3.63, 3.8) is 0 Å². The van der Waals surface area contributed by atoms with Crippen molar-refractivity contribution in [1.82, 2.24) is 15.1 Å². The zero-order valence-corrected chi connectivity index (χ0v) is 14.7. The van der Waals surface area contributed by atoms with Gasteiger partial charge in [0.2, 0.25) is 0 Å².